The Morgan fingerprint density at radius 1 is 1.23 bits per heavy atom. The van der Waals surface area contributed by atoms with Crippen LogP contribution in [0.2, 0.25) is 0 Å². The number of ether oxygens (including phenoxy) is 2. The van der Waals surface area contributed by atoms with Gasteiger partial charge in [-0.3, -0.25) is 9.69 Å². The van der Waals surface area contributed by atoms with E-state index >= 15 is 0 Å². The van der Waals surface area contributed by atoms with Gasteiger partial charge < -0.3 is 19.5 Å². The lowest BCUT2D eigenvalue weighted by Crippen LogP contribution is -2.50. The van der Waals surface area contributed by atoms with Gasteiger partial charge in [0.05, 0.1) is 11.7 Å². The van der Waals surface area contributed by atoms with Gasteiger partial charge in [0.25, 0.3) is 5.91 Å². The number of aliphatic hydroxyl groups is 1. The van der Waals surface area contributed by atoms with Gasteiger partial charge in [0, 0.05) is 32.7 Å². The molecule has 120 valence electrons. The van der Waals surface area contributed by atoms with E-state index in [-0.39, 0.29) is 12.0 Å². The number of aliphatic hydroxyl groups excluding tert-OH is 1. The molecule has 3 rings (SSSR count). The number of benzene rings is 1. The number of rotatable bonds is 3. The number of β-amino-alcohol motifs (C(OH)–C–C–N with tert-alkyl or cyclic N) is 1. The van der Waals surface area contributed by atoms with E-state index in [1.165, 1.54) is 0 Å². The fraction of sp³-hybridized carbons (Fsp3) is 0.562. The molecule has 0 aromatic heterocycles. The van der Waals surface area contributed by atoms with Crippen molar-refractivity contribution in [2.75, 3.05) is 45.9 Å². The Morgan fingerprint density at radius 3 is 2.68 bits per heavy atom. The first-order chi connectivity index (χ1) is 10.6. The van der Waals surface area contributed by atoms with E-state index in [0.717, 1.165) is 13.1 Å². The summed E-state index contributed by atoms with van der Waals surface area (Å²) in [6.07, 6.45) is -0.339. The molecule has 0 bridgehead atoms. The molecule has 6 heteroatoms. The molecular weight excluding hydrogens is 284 g/mol. The summed E-state index contributed by atoms with van der Waals surface area (Å²) in [5, 5.41) is 9.44. The molecule has 0 saturated carbocycles. The van der Waals surface area contributed by atoms with Crippen molar-refractivity contribution in [2.45, 2.75) is 13.0 Å². The van der Waals surface area contributed by atoms with Crippen LogP contribution in [0.3, 0.4) is 0 Å². The SMILES string of the molecule is CC(O)CN1CCN(C(=O)c2cccc3c2OCCO3)CC1. The summed E-state index contributed by atoms with van der Waals surface area (Å²) < 4.78 is 11.2. The highest BCUT2D eigenvalue weighted by Gasteiger charge is 2.27. The van der Waals surface area contributed by atoms with Gasteiger partial charge in [-0.05, 0) is 19.1 Å². The van der Waals surface area contributed by atoms with Crippen LogP contribution >= 0.6 is 0 Å². The lowest BCUT2D eigenvalue weighted by Gasteiger charge is -2.35. The maximum Gasteiger partial charge on any atom is 0.257 e. The van der Waals surface area contributed by atoms with Gasteiger partial charge in [0.1, 0.15) is 13.2 Å². The Kier molecular flexibility index (Phi) is 4.49. The monoisotopic (exact) mass is 306 g/mol. The topological polar surface area (TPSA) is 62.2 Å². The van der Waals surface area contributed by atoms with Crippen LogP contribution in [0.4, 0.5) is 0 Å². The minimum absolute atomic E-state index is 0.0148. The first kappa shape index (κ1) is 15.1. The fourth-order valence-corrected chi connectivity index (χ4v) is 2.92. The molecule has 0 radical (unpaired) electrons. The standard InChI is InChI=1S/C16H22N2O4/c1-12(19)11-17-5-7-18(8-6-17)16(20)13-3-2-4-14-15(13)22-10-9-21-14/h2-4,12,19H,5-11H2,1H3. The second-order valence-electron chi connectivity index (χ2n) is 5.77. The molecule has 2 aliphatic heterocycles. The molecule has 1 atom stereocenters. The quantitative estimate of drug-likeness (QED) is 0.886. The Labute approximate surface area is 130 Å². The minimum atomic E-state index is -0.339. The third kappa shape index (κ3) is 3.18. The summed E-state index contributed by atoms with van der Waals surface area (Å²) in [5.41, 5.74) is 0.571. The maximum atomic E-state index is 12.7. The molecule has 1 unspecified atom stereocenters. The maximum absolute atomic E-state index is 12.7. The molecule has 0 spiro atoms. The van der Waals surface area contributed by atoms with Gasteiger partial charge in [0.15, 0.2) is 11.5 Å². The second kappa shape index (κ2) is 6.54. The molecular formula is C16H22N2O4. The Morgan fingerprint density at radius 2 is 1.95 bits per heavy atom. The summed E-state index contributed by atoms with van der Waals surface area (Å²) >= 11 is 0. The van der Waals surface area contributed by atoms with E-state index < -0.39 is 0 Å². The molecule has 0 aliphatic carbocycles. The largest absolute Gasteiger partial charge is 0.486 e. The first-order valence-corrected chi connectivity index (χ1v) is 7.73. The number of fused-ring (bicyclic) bond motifs is 1. The van der Waals surface area contributed by atoms with Crippen LogP contribution in [-0.2, 0) is 0 Å². The molecule has 1 amide bonds. The molecule has 2 heterocycles. The van der Waals surface area contributed by atoms with Gasteiger partial charge in [-0.1, -0.05) is 6.07 Å². The number of piperazine rings is 1. The molecule has 2 aliphatic rings. The van der Waals surface area contributed by atoms with Crippen molar-refractivity contribution in [1.82, 2.24) is 9.80 Å². The van der Waals surface area contributed by atoms with Crippen LogP contribution in [0.25, 0.3) is 0 Å². The smallest absolute Gasteiger partial charge is 0.257 e. The molecule has 6 nitrogen and oxygen atoms in total. The lowest BCUT2D eigenvalue weighted by molar-refractivity contribution is 0.0547. The summed E-state index contributed by atoms with van der Waals surface area (Å²) in [7, 11) is 0. The van der Waals surface area contributed by atoms with Gasteiger partial charge in [-0.15, -0.1) is 0 Å². The van der Waals surface area contributed by atoms with E-state index in [1.54, 1.807) is 13.0 Å². The van der Waals surface area contributed by atoms with Crippen LogP contribution in [0, 0.1) is 0 Å². The third-order valence-corrected chi connectivity index (χ3v) is 3.98. The number of nitrogens with zero attached hydrogens (tertiary/aromatic N) is 2. The van der Waals surface area contributed by atoms with Crippen LogP contribution in [0.5, 0.6) is 11.5 Å². The average molecular weight is 306 g/mol. The van der Waals surface area contributed by atoms with Crippen molar-refractivity contribution < 1.29 is 19.4 Å². The Balaban J connectivity index is 1.68. The Hall–Kier alpha value is -1.79. The lowest BCUT2D eigenvalue weighted by atomic mass is 10.1. The molecule has 1 saturated heterocycles. The van der Waals surface area contributed by atoms with Crippen molar-refractivity contribution in [3.63, 3.8) is 0 Å². The van der Waals surface area contributed by atoms with Crippen molar-refractivity contribution in [3.05, 3.63) is 23.8 Å². The van der Waals surface area contributed by atoms with E-state index in [1.807, 2.05) is 17.0 Å². The number of amides is 1. The predicted molar refractivity (Wildman–Crippen MR) is 81.5 cm³/mol. The average Bonchev–Trinajstić information content (AvgIpc) is 2.54. The van der Waals surface area contributed by atoms with Gasteiger partial charge in [-0.2, -0.15) is 0 Å². The summed E-state index contributed by atoms with van der Waals surface area (Å²) in [6.45, 7) is 6.31. The number of para-hydroxylation sites is 1. The normalized spacial score (nSPS) is 19.8. The van der Waals surface area contributed by atoms with Crippen LogP contribution in [-0.4, -0.2) is 72.9 Å². The third-order valence-electron chi connectivity index (χ3n) is 3.98. The first-order valence-electron chi connectivity index (χ1n) is 7.73. The van der Waals surface area contributed by atoms with Gasteiger partial charge in [-0.25, -0.2) is 0 Å². The predicted octanol–water partition coefficient (Wildman–Crippen LogP) is 0.596. The van der Waals surface area contributed by atoms with E-state index in [9.17, 15) is 9.90 Å². The van der Waals surface area contributed by atoms with E-state index in [2.05, 4.69) is 4.90 Å². The van der Waals surface area contributed by atoms with Crippen molar-refractivity contribution in [2.24, 2.45) is 0 Å². The highest BCUT2D eigenvalue weighted by molar-refractivity contribution is 5.98. The molecule has 1 fully saturated rings. The summed E-state index contributed by atoms with van der Waals surface area (Å²) in [5.74, 6) is 1.19. The number of hydrogen-bond donors (Lipinski definition) is 1. The number of carbonyl (C=O) groups is 1. The van der Waals surface area contributed by atoms with E-state index in [0.29, 0.717) is 49.9 Å². The highest BCUT2D eigenvalue weighted by Crippen LogP contribution is 2.34. The summed E-state index contributed by atoms with van der Waals surface area (Å²) in [4.78, 5) is 16.7. The molecule has 1 aromatic rings. The molecule has 1 aromatic carbocycles. The van der Waals surface area contributed by atoms with Crippen LogP contribution < -0.4 is 9.47 Å². The van der Waals surface area contributed by atoms with Crippen LogP contribution in [0.15, 0.2) is 18.2 Å². The zero-order chi connectivity index (χ0) is 15.5. The van der Waals surface area contributed by atoms with Gasteiger partial charge >= 0.3 is 0 Å². The van der Waals surface area contributed by atoms with Crippen molar-refractivity contribution >= 4 is 5.91 Å². The number of carbonyl (C=O) groups excluding carboxylic acids is 1. The number of hydrogen-bond acceptors (Lipinski definition) is 5. The highest BCUT2D eigenvalue weighted by atomic mass is 16.6. The zero-order valence-electron chi connectivity index (χ0n) is 12.8. The molecule has 22 heavy (non-hydrogen) atoms. The Bertz CT molecular complexity index is 539. The minimum Gasteiger partial charge on any atom is -0.486 e. The van der Waals surface area contributed by atoms with Crippen molar-refractivity contribution in [1.29, 1.82) is 0 Å². The van der Waals surface area contributed by atoms with Crippen molar-refractivity contribution in [3.8, 4) is 11.5 Å². The second-order valence-corrected chi connectivity index (χ2v) is 5.77. The van der Waals surface area contributed by atoms with Crippen LogP contribution in [0.1, 0.15) is 17.3 Å². The van der Waals surface area contributed by atoms with E-state index in [4.69, 9.17) is 9.47 Å². The fourth-order valence-electron chi connectivity index (χ4n) is 2.92. The zero-order valence-corrected chi connectivity index (χ0v) is 12.8. The van der Waals surface area contributed by atoms with Gasteiger partial charge in [0.2, 0.25) is 0 Å². The summed E-state index contributed by atoms with van der Waals surface area (Å²) in [6, 6.07) is 5.44. The molecule has 1 N–H and O–H groups in total.